The lowest BCUT2D eigenvalue weighted by atomic mass is 10.1. The van der Waals surface area contributed by atoms with Crippen molar-refractivity contribution in [3.8, 4) is 17.0 Å². The van der Waals surface area contributed by atoms with Gasteiger partial charge >= 0.3 is 6.09 Å². The van der Waals surface area contributed by atoms with Crippen LogP contribution in [0.5, 0.6) is 5.75 Å². The van der Waals surface area contributed by atoms with Gasteiger partial charge in [-0.25, -0.2) is 9.78 Å². The highest BCUT2D eigenvalue weighted by Crippen LogP contribution is 2.36. The number of rotatable bonds is 9. The van der Waals surface area contributed by atoms with E-state index in [0.29, 0.717) is 28.0 Å². The van der Waals surface area contributed by atoms with Crippen molar-refractivity contribution < 1.29 is 19.1 Å². The van der Waals surface area contributed by atoms with Gasteiger partial charge in [0.15, 0.2) is 5.13 Å². The van der Waals surface area contributed by atoms with Crippen molar-refractivity contribution in [1.82, 2.24) is 4.98 Å². The molecule has 1 heterocycles. The van der Waals surface area contributed by atoms with Crippen molar-refractivity contribution in [1.29, 1.82) is 0 Å². The number of benzene rings is 2. The average molecular weight is 440 g/mol. The summed E-state index contributed by atoms with van der Waals surface area (Å²) in [6.07, 6.45) is 1.46. The minimum Gasteiger partial charge on any atom is -0.494 e. The van der Waals surface area contributed by atoms with Crippen LogP contribution in [0, 0.1) is 0 Å². The van der Waals surface area contributed by atoms with Crippen LogP contribution in [-0.2, 0) is 4.74 Å². The zero-order valence-corrected chi connectivity index (χ0v) is 18.3. The van der Waals surface area contributed by atoms with Gasteiger partial charge in [0.1, 0.15) is 16.4 Å². The van der Waals surface area contributed by atoms with E-state index in [0.717, 1.165) is 24.2 Å². The Bertz CT molecular complexity index is 1000. The van der Waals surface area contributed by atoms with Gasteiger partial charge < -0.3 is 14.8 Å². The van der Waals surface area contributed by atoms with Crippen LogP contribution in [0.15, 0.2) is 54.6 Å². The zero-order valence-electron chi connectivity index (χ0n) is 17.5. The van der Waals surface area contributed by atoms with E-state index in [1.54, 1.807) is 31.2 Å². The molecule has 0 saturated carbocycles. The van der Waals surface area contributed by atoms with E-state index in [4.69, 9.17) is 9.47 Å². The summed E-state index contributed by atoms with van der Waals surface area (Å²) in [5.74, 6) is 0.456. The topological polar surface area (TPSA) is 89.6 Å². The number of ether oxygens (including phenoxy) is 2. The SMILES string of the molecule is CCCCOc1ccc(C(=O)Nc2sc(NC(=O)OCC)nc2-c2ccccc2)cc1. The number of anilines is 2. The van der Waals surface area contributed by atoms with E-state index in [9.17, 15) is 9.59 Å². The lowest BCUT2D eigenvalue weighted by Gasteiger charge is -2.08. The third kappa shape index (κ3) is 6.29. The van der Waals surface area contributed by atoms with Crippen molar-refractivity contribution in [2.45, 2.75) is 26.7 Å². The molecule has 0 fully saturated rings. The highest BCUT2D eigenvalue weighted by atomic mass is 32.1. The molecule has 2 aromatic carbocycles. The van der Waals surface area contributed by atoms with Crippen LogP contribution in [0.25, 0.3) is 11.3 Å². The molecule has 0 radical (unpaired) electrons. The maximum absolute atomic E-state index is 12.8. The van der Waals surface area contributed by atoms with Crippen molar-refractivity contribution in [2.24, 2.45) is 0 Å². The van der Waals surface area contributed by atoms with Crippen molar-refractivity contribution in [3.05, 3.63) is 60.2 Å². The summed E-state index contributed by atoms with van der Waals surface area (Å²) in [4.78, 5) is 29.1. The number of aromatic nitrogens is 1. The summed E-state index contributed by atoms with van der Waals surface area (Å²) < 4.78 is 10.6. The molecule has 1 aromatic heterocycles. The third-order valence-corrected chi connectivity index (χ3v) is 5.16. The Hall–Kier alpha value is -3.39. The summed E-state index contributed by atoms with van der Waals surface area (Å²) in [5.41, 5.74) is 1.89. The van der Waals surface area contributed by atoms with Crippen molar-refractivity contribution in [2.75, 3.05) is 23.8 Å². The second-order valence-electron chi connectivity index (χ2n) is 6.59. The van der Waals surface area contributed by atoms with Gasteiger partial charge in [0.2, 0.25) is 0 Å². The number of nitrogens with zero attached hydrogens (tertiary/aromatic N) is 1. The molecule has 0 unspecified atom stereocenters. The molecular weight excluding hydrogens is 414 g/mol. The number of amides is 2. The molecule has 2 N–H and O–H groups in total. The number of nitrogens with one attached hydrogen (secondary N) is 2. The highest BCUT2D eigenvalue weighted by molar-refractivity contribution is 7.20. The fraction of sp³-hybridized carbons (Fsp3) is 0.261. The molecule has 0 aliphatic carbocycles. The quantitative estimate of drug-likeness (QED) is 0.411. The van der Waals surface area contributed by atoms with Crippen molar-refractivity contribution >= 4 is 33.5 Å². The Labute approximate surface area is 185 Å². The molecule has 8 heteroatoms. The highest BCUT2D eigenvalue weighted by Gasteiger charge is 2.18. The Balaban J connectivity index is 1.78. The lowest BCUT2D eigenvalue weighted by molar-refractivity contribution is 0.102. The number of hydrogen-bond acceptors (Lipinski definition) is 6. The van der Waals surface area contributed by atoms with Gasteiger partial charge in [-0.05, 0) is 37.6 Å². The Morgan fingerprint density at radius 3 is 2.42 bits per heavy atom. The number of unbranched alkanes of at least 4 members (excludes halogenated alkanes) is 1. The number of carbonyl (C=O) groups is 2. The molecule has 31 heavy (non-hydrogen) atoms. The van der Waals surface area contributed by atoms with E-state index >= 15 is 0 Å². The first kappa shape index (κ1) is 22.3. The number of hydrogen-bond donors (Lipinski definition) is 2. The first-order valence-electron chi connectivity index (χ1n) is 10.1. The predicted molar refractivity (Wildman–Crippen MR) is 123 cm³/mol. The van der Waals surface area contributed by atoms with Crippen LogP contribution in [0.2, 0.25) is 0 Å². The van der Waals surface area contributed by atoms with Crippen LogP contribution in [0.4, 0.5) is 14.9 Å². The van der Waals surface area contributed by atoms with Crippen LogP contribution < -0.4 is 15.4 Å². The Morgan fingerprint density at radius 1 is 1.00 bits per heavy atom. The van der Waals surface area contributed by atoms with Gasteiger partial charge in [0, 0.05) is 11.1 Å². The summed E-state index contributed by atoms with van der Waals surface area (Å²) in [5, 5.41) is 6.38. The summed E-state index contributed by atoms with van der Waals surface area (Å²) in [6.45, 7) is 4.74. The first-order valence-corrected chi connectivity index (χ1v) is 11.0. The van der Waals surface area contributed by atoms with Crippen LogP contribution in [-0.4, -0.2) is 30.2 Å². The van der Waals surface area contributed by atoms with Gasteiger partial charge in [-0.1, -0.05) is 55.0 Å². The first-order chi connectivity index (χ1) is 15.1. The standard InChI is InChI=1S/C23H25N3O4S/c1-3-5-15-30-18-13-11-17(12-14-18)20(27)25-21-19(16-9-7-6-8-10-16)24-22(31-21)26-23(28)29-4-2/h6-14H,3-5,15H2,1-2H3,(H,25,27)(H,24,26,28). The number of carbonyl (C=O) groups excluding carboxylic acids is 2. The molecule has 0 aliphatic rings. The zero-order chi connectivity index (χ0) is 22.1. The fourth-order valence-electron chi connectivity index (χ4n) is 2.72. The molecule has 0 aliphatic heterocycles. The average Bonchev–Trinajstić information content (AvgIpc) is 3.17. The molecule has 162 valence electrons. The van der Waals surface area contributed by atoms with E-state index in [-0.39, 0.29) is 12.5 Å². The molecule has 7 nitrogen and oxygen atoms in total. The minimum atomic E-state index is -0.590. The normalized spacial score (nSPS) is 10.4. The van der Waals surface area contributed by atoms with Crippen LogP contribution >= 0.6 is 11.3 Å². The van der Waals surface area contributed by atoms with Gasteiger partial charge in [-0.3, -0.25) is 10.1 Å². The molecule has 0 bridgehead atoms. The largest absolute Gasteiger partial charge is 0.494 e. The fourth-order valence-corrected chi connectivity index (χ4v) is 3.59. The van der Waals surface area contributed by atoms with E-state index in [1.165, 1.54) is 11.3 Å². The van der Waals surface area contributed by atoms with Gasteiger partial charge in [0.05, 0.1) is 13.2 Å². The molecule has 3 rings (SSSR count). The summed E-state index contributed by atoms with van der Waals surface area (Å²) >= 11 is 1.17. The molecule has 0 atom stereocenters. The summed E-state index contributed by atoms with van der Waals surface area (Å²) in [6, 6.07) is 16.5. The maximum Gasteiger partial charge on any atom is 0.413 e. The third-order valence-electron chi connectivity index (χ3n) is 4.27. The minimum absolute atomic E-state index is 0.254. The van der Waals surface area contributed by atoms with Gasteiger partial charge in [-0.2, -0.15) is 0 Å². The molecule has 2 amide bonds. The van der Waals surface area contributed by atoms with E-state index in [1.807, 2.05) is 30.3 Å². The second kappa shape index (κ2) is 11.1. The molecular formula is C23H25N3O4S. The Kier molecular flexibility index (Phi) is 8.00. The van der Waals surface area contributed by atoms with Gasteiger partial charge in [0.25, 0.3) is 5.91 Å². The lowest BCUT2D eigenvalue weighted by Crippen LogP contribution is -2.12. The van der Waals surface area contributed by atoms with E-state index in [2.05, 4.69) is 22.5 Å². The van der Waals surface area contributed by atoms with Crippen molar-refractivity contribution in [3.63, 3.8) is 0 Å². The predicted octanol–water partition coefficient (Wildman–Crippen LogP) is 5.81. The molecule has 3 aromatic rings. The van der Waals surface area contributed by atoms with E-state index < -0.39 is 6.09 Å². The maximum atomic E-state index is 12.8. The number of thiazole rings is 1. The monoisotopic (exact) mass is 439 g/mol. The van der Waals surface area contributed by atoms with Crippen LogP contribution in [0.3, 0.4) is 0 Å². The smallest absolute Gasteiger partial charge is 0.413 e. The molecule has 0 saturated heterocycles. The van der Waals surface area contributed by atoms with Gasteiger partial charge in [-0.15, -0.1) is 0 Å². The Morgan fingerprint density at radius 2 is 1.74 bits per heavy atom. The second-order valence-corrected chi connectivity index (χ2v) is 7.59. The molecule has 0 spiro atoms. The summed E-state index contributed by atoms with van der Waals surface area (Å²) in [7, 11) is 0. The van der Waals surface area contributed by atoms with Crippen LogP contribution in [0.1, 0.15) is 37.0 Å².